The zero-order valence-electron chi connectivity index (χ0n) is 14.0. The first kappa shape index (κ1) is 18.0. The van der Waals surface area contributed by atoms with Gasteiger partial charge in [-0.2, -0.15) is 0 Å². The van der Waals surface area contributed by atoms with Crippen molar-refractivity contribution < 1.29 is 19.4 Å². The number of hydrogen-bond acceptors (Lipinski definition) is 6. The minimum Gasteiger partial charge on any atom is -0.508 e. The van der Waals surface area contributed by atoms with Gasteiger partial charge in [-0.15, -0.1) is 11.3 Å². The van der Waals surface area contributed by atoms with Crippen molar-refractivity contribution in [3.8, 4) is 21.9 Å². The van der Waals surface area contributed by atoms with Gasteiger partial charge >= 0.3 is 12.1 Å². The number of hydrogen-bond donors (Lipinski definition) is 5. The van der Waals surface area contributed by atoms with E-state index in [1.165, 1.54) is 11.3 Å². The molecule has 1 aromatic heterocycles. The third-order valence-electron chi connectivity index (χ3n) is 3.95. The maximum atomic E-state index is 12.2. The molecule has 1 fully saturated rings. The predicted molar refractivity (Wildman–Crippen MR) is 99.7 cm³/mol. The Kier molecular flexibility index (Phi) is 5.59. The summed E-state index contributed by atoms with van der Waals surface area (Å²) < 4.78 is 5.40. The smallest absolute Gasteiger partial charge is 0.412 e. The molecule has 0 bridgehead atoms. The van der Waals surface area contributed by atoms with Gasteiger partial charge in [0.2, 0.25) is 0 Å². The minimum atomic E-state index is -0.743. The highest BCUT2D eigenvalue weighted by molar-refractivity contribution is 7.20. The molecule has 2 heterocycles. The second-order valence-corrected chi connectivity index (χ2v) is 6.95. The number of piperidine rings is 1. The maximum absolute atomic E-state index is 12.2. The topological polar surface area (TPSA) is 126 Å². The molecule has 1 aliphatic rings. The third kappa shape index (κ3) is 4.64. The number of phenolic OH excluding ortho intramolecular Hbond substituents is 1. The second kappa shape index (κ2) is 8.07. The van der Waals surface area contributed by atoms with Crippen LogP contribution in [0.15, 0.2) is 30.3 Å². The van der Waals surface area contributed by atoms with Crippen molar-refractivity contribution >= 4 is 28.5 Å². The summed E-state index contributed by atoms with van der Waals surface area (Å²) in [6.45, 7) is 1.70. The quantitative estimate of drug-likeness (QED) is 0.560. The van der Waals surface area contributed by atoms with E-state index in [2.05, 4.69) is 16.0 Å². The first-order valence-electron chi connectivity index (χ1n) is 8.20. The first-order valence-corrected chi connectivity index (χ1v) is 9.01. The van der Waals surface area contributed by atoms with E-state index in [9.17, 15) is 14.7 Å². The highest BCUT2D eigenvalue weighted by atomic mass is 32.1. The molecule has 0 aliphatic carbocycles. The van der Waals surface area contributed by atoms with E-state index in [0.717, 1.165) is 36.4 Å². The molecule has 6 N–H and O–H groups in total. The van der Waals surface area contributed by atoms with Crippen LogP contribution in [-0.4, -0.2) is 36.4 Å². The van der Waals surface area contributed by atoms with E-state index < -0.39 is 12.1 Å². The van der Waals surface area contributed by atoms with E-state index in [0.29, 0.717) is 5.00 Å². The molecule has 0 atom stereocenters. The lowest BCUT2D eigenvalue weighted by Gasteiger charge is -2.23. The van der Waals surface area contributed by atoms with Crippen LogP contribution in [-0.2, 0) is 0 Å². The summed E-state index contributed by atoms with van der Waals surface area (Å²) >= 11 is 1.23. The van der Waals surface area contributed by atoms with Crippen LogP contribution in [0.5, 0.6) is 11.5 Å². The number of primary amides is 1. The normalized spacial score (nSPS) is 14.6. The number of urea groups is 1. The fraction of sp³-hybridized carbons (Fsp3) is 0.294. The van der Waals surface area contributed by atoms with Crippen molar-refractivity contribution in [2.24, 2.45) is 5.73 Å². The van der Waals surface area contributed by atoms with Crippen LogP contribution in [0.1, 0.15) is 12.8 Å². The van der Waals surface area contributed by atoms with Crippen molar-refractivity contribution in [3.05, 3.63) is 30.3 Å². The van der Waals surface area contributed by atoms with Gasteiger partial charge in [-0.1, -0.05) is 0 Å². The zero-order valence-corrected chi connectivity index (χ0v) is 14.8. The molecule has 8 nitrogen and oxygen atoms in total. The number of benzene rings is 1. The minimum absolute atomic E-state index is 0.0616. The lowest BCUT2D eigenvalue weighted by Crippen LogP contribution is -2.43. The molecule has 2 aromatic rings. The number of carbonyl (C=O) groups is 2. The van der Waals surface area contributed by atoms with Crippen LogP contribution in [0.4, 0.5) is 14.6 Å². The van der Waals surface area contributed by atoms with Crippen LogP contribution in [0, 0.1) is 0 Å². The number of thiophene rings is 1. The Hall–Kier alpha value is -2.78. The average Bonchev–Trinajstić information content (AvgIpc) is 2.98. The van der Waals surface area contributed by atoms with Gasteiger partial charge in [0.25, 0.3) is 0 Å². The van der Waals surface area contributed by atoms with E-state index in [-0.39, 0.29) is 17.5 Å². The van der Waals surface area contributed by atoms with Crippen molar-refractivity contribution in [1.82, 2.24) is 10.6 Å². The number of anilines is 1. The van der Waals surface area contributed by atoms with Crippen molar-refractivity contribution in [1.29, 1.82) is 0 Å². The SMILES string of the molecule is NC(=O)Nc1sc(-c2ccc(O)cc2)cc1OC(=O)NC1CCNCC1. The summed E-state index contributed by atoms with van der Waals surface area (Å²) in [5, 5.41) is 18.3. The summed E-state index contributed by atoms with van der Waals surface area (Å²) in [7, 11) is 0. The first-order chi connectivity index (χ1) is 12.5. The number of aromatic hydroxyl groups is 1. The Labute approximate surface area is 154 Å². The molecular weight excluding hydrogens is 356 g/mol. The van der Waals surface area contributed by atoms with E-state index in [1.54, 1.807) is 30.3 Å². The fourth-order valence-corrected chi connectivity index (χ4v) is 3.67. The summed E-state index contributed by atoms with van der Waals surface area (Å²) in [5.74, 6) is 0.377. The number of carbonyl (C=O) groups excluding carboxylic acids is 2. The Balaban J connectivity index is 1.76. The number of ether oxygens (including phenoxy) is 1. The van der Waals surface area contributed by atoms with Crippen LogP contribution in [0.25, 0.3) is 10.4 Å². The molecule has 0 saturated carbocycles. The number of rotatable bonds is 4. The van der Waals surface area contributed by atoms with E-state index >= 15 is 0 Å². The molecule has 26 heavy (non-hydrogen) atoms. The molecule has 0 unspecified atom stereocenters. The number of amides is 3. The molecule has 1 saturated heterocycles. The summed E-state index contributed by atoms with van der Waals surface area (Å²) in [6.07, 6.45) is 1.10. The highest BCUT2D eigenvalue weighted by Crippen LogP contribution is 2.41. The zero-order chi connectivity index (χ0) is 18.5. The van der Waals surface area contributed by atoms with Crippen LogP contribution in [0.2, 0.25) is 0 Å². The lowest BCUT2D eigenvalue weighted by molar-refractivity contribution is 0.193. The number of phenols is 1. The molecule has 0 spiro atoms. The van der Waals surface area contributed by atoms with Gasteiger partial charge in [0.15, 0.2) is 5.75 Å². The van der Waals surface area contributed by atoms with Gasteiger partial charge in [0.1, 0.15) is 10.8 Å². The Bertz CT molecular complexity index is 785. The molecule has 1 aliphatic heterocycles. The molecule has 138 valence electrons. The van der Waals surface area contributed by atoms with Crippen molar-refractivity contribution in [2.75, 3.05) is 18.4 Å². The van der Waals surface area contributed by atoms with Crippen molar-refractivity contribution in [2.45, 2.75) is 18.9 Å². The Morgan fingerprint density at radius 3 is 2.58 bits per heavy atom. The second-order valence-electron chi connectivity index (χ2n) is 5.90. The molecule has 3 amide bonds. The van der Waals surface area contributed by atoms with Crippen LogP contribution in [0.3, 0.4) is 0 Å². The van der Waals surface area contributed by atoms with Gasteiger partial charge < -0.3 is 26.2 Å². The number of nitrogens with two attached hydrogens (primary N) is 1. The monoisotopic (exact) mass is 376 g/mol. The molecular formula is C17H20N4O4S. The van der Waals surface area contributed by atoms with Crippen LogP contribution >= 0.6 is 11.3 Å². The Morgan fingerprint density at radius 2 is 1.92 bits per heavy atom. The lowest BCUT2D eigenvalue weighted by atomic mass is 10.1. The Morgan fingerprint density at radius 1 is 1.23 bits per heavy atom. The molecule has 1 aromatic carbocycles. The summed E-state index contributed by atoms with van der Waals surface area (Å²) in [5.41, 5.74) is 6.02. The number of nitrogens with one attached hydrogen (secondary N) is 3. The summed E-state index contributed by atoms with van der Waals surface area (Å²) in [4.78, 5) is 24.2. The van der Waals surface area contributed by atoms with E-state index in [4.69, 9.17) is 10.5 Å². The van der Waals surface area contributed by atoms with Gasteiger partial charge in [-0.3, -0.25) is 5.32 Å². The standard InChI is InChI=1S/C17H20N4O4S/c18-16(23)21-15-13(25-17(24)20-11-5-7-19-8-6-11)9-14(26-15)10-1-3-12(22)4-2-10/h1-4,9,11,19,22H,5-8H2,(H,20,24)(H3,18,21,23). The third-order valence-corrected chi connectivity index (χ3v) is 5.03. The fourth-order valence-electron chi connectivity index (χ4n) is 2.68. The van der Waals surface area contributed by atoms with Crippen LogP contribution < -0.4 is 26.4 Å². The van der Waals surface area contributed by atoms with E-state index in [1.807, 2.05) is 0 Å². The van der Waals surface area contributed by atoms with Gasteiger partial charge in [0.05, 0.1) is 0 Å². The predicted octanol–water partition coefficient (Wildman–Crippen LogP) is 2.45. The molecule has 9 heteroatoms. The van der Waals surface area contributed by atoms with Gasteiger partial charge in [-0.05, 0) is 55.8 Å². The summed E-state index contributed by atoms with van der Waals surface area (Å²) in [6, 6.07) is 7.55. The maximum Gasteiger partial charge on any atom is 0.412 e. The highest BCUT2D eigenvalue weighted by Gasteiger charge is 2.20. The van der Waals surface area contributed by atoms with Crippen molar-refractivity contribution in [3.63, 3.8) is 0 Å². The average molecular weight is 376 g/mol. The van der Waals surface area contributed by atoms with Gasteiger partial charge in [0, 0.05) is 17.0 Å². The molecule has 3 rings (SSSR count). The largest absolute Gasteiger partial charge is 0.508 e. The molecule has 0 radical (unpaired) electrons. The van der Waals surface area contributed by atoms with Gasteiger partial charge in [-0.25, -0.2) is 9.59 Å².